The molecule has 6 nitrogen and oxygen atoms in total. The van der Waals surface area contributed by atoms with Crippen LogP contribution in [0.1, 0.15) is 37.7 Å². The molecule has 0 fully saturated rings. The molecule has 1 atom stereocenters. The molecular formula is C13H20N4O2S2. The van der Waals surface area contributed by atoms with Gasteiger partial charge in [-0.2, -0.15) is 4.72 Å². The quantitative estimate of drug-likeness (QED) is 0.692. The van der Waals surface area contributed by atoms with E-state index in [0.717, 1.165) is 12.1 Å². The summed E-state index contributed by atoms with van der Waals surface area (Å²) in [7, 11) is -3.52. The Morgan fingerprint density at radius 1 is 1.43 bits per heavy atom. The van der Waals surface area contributed by atoms with E-state index in [0.29, 0.717) is 23.0 Å². The maximum Gasteiger partial charge on any atom is 0.250 e. The molecule has 0 saturated heterocycles. The van der Waals surface area contributed by atoms with E-state index >= 15 is 0 Å². The van der Waals surface area contributed by atoms with Gasteiger partial charge in [-0.25, -0.2) is 13.4 Å². The molecule has 0 aliphatic heterocycles. The Bertz CT molecular complexity index is 650. The van der Waals surface area contributed by atoms with E-state index in [1.807, 2.05) is 19.2 Å². The van der Waals surface area contributed by atoms with Crippen LogP contribution in [-0.2, 0) is 16.6 Å². The van der Waals surface area contributed by atoms with Crippen LogP contribution in [0.2, 0.25) is 0 Å². The lowest BCUT2D eigenvalue weighted by molar-refractivity contribution is 0.541. The molecule has 2 aromatic heterocycles. The van der Waals surface area contributed by atoms with E-state index in [1.54, 1.807) is 18.5 Å². The molecule has 21 heavy (non-hydrogen) atoms. The van der Waals surface area contributed by atoms with E-state index in [4.69, 9.17) is 0 Å². The van der Waals surface area contributed by atoms with Crippen molar-refractivity contribution < 1.29 is 8.42 Å². The Balaban J connectivity index is 2.12. The van der Waals surface area contributed by atoms with Crippen molar-refractivity contribution in [2.24, 2.45) is 0 Å². The standard InChI is InChI=1S/C13H20N4O2S2/c1-3-11(13-15-5-6-16-13)17-21(18,19)12-7-10(9-20-12)8-14-4-2/h5-7,9,11,14,17H,3-4,8H2,1-2H3,(H,15,16). The summed E-state index contributed by atoms with van der Waals surface area (Å²) in [6.45, 7) is 5.46. The van der Waals surface area contributed by atoms with E-state index in [1.165, 1.54) is 11.3 Å². The minimum absolute atomic E-state index is 0.334. The molecule has 8 heteroatoms. The highest BCUT2D eigenvalue weighted by Crippen LogP contribution is 2.23. The number of rotatable bonds is 8. The van der Waals surface area contributed by atoms with E-state index in [2.05, 4.69) is 20.0 Å². The van der Waals surface area contributed by atoms with Crippen LogP contribution in [0.15, 0.2) is 28.0 Å². The molecule has 0 aliphatic carbocycles. The number of imidazole rings is 1. The number of nitrogens with zero attached hydrogens (tertiary/aromatic N) is 1. The summed E-state index contributed by atoms with van der Waals surface area (Å²) in [6, 6.07) is 1.37. The highest BCUT2D eigenvalue weighted by molar-refractivity contribution is 7.91. The normalized spacial score (nSPS) is 13.4. The number of thiophene rings is 1. The van der Waals surface area contributed by atoms with Crippen LogP contribution in [0, 0.1) is 0 Å². The molecule has 116 valence electrons. The summed E-state index contributed by atoms with van der Waals surface area (Å²) in [5.74, 6) is 0.630. The first-order valence-electron chi connectivity index (χ1n) is 6.86. The molecular weight excluding hydrogens is 308 g/mol. The van der Waals surface area contributed by atoms with Crippen LogP contribution in [0.5, 0.6) is 0 Å². The van der Waals surface area contributed by atoms with Gasteiger partial charge in [0.05, 0.1) is 6.04 Å². The van der Waals surface area contributed by atoms with Gasteiger partial charge in [-0.05, 0) is 30.0 Å². The fraction of sp³-hybridized carbons (Fsp3) is 0.462. The summed E-state index contributed by atoms with van der Waals surface area (Å²) >= 11 is 1.24. The number of H-pyrrole nitrogens is 1. The number of aromatic amines is 1. The highest BCUT2D eigenvalue weighted by atomic mass is 32.2. The Hall–Kier alpha value is -1.22. The number of nitrogens with one attached hydrogen (secondary N) is 3. The van der Waals surface area contributed by atoms with E-state index in [-0.39, 0.29) is 6.04 Å². The fourth-order valence-corrected chi connectivity index (χ4v) is 4.41. The van der Waals surface area contributed by atoms with Crippen molar-refractivity contribution in [3.05, 3.63) is 35.2 Å². The van der Waals surface area contributed by atoms with Crippen LogP contribution >= 0.6 is 11.3 Å². The topological polar surface area (TPSA) is 86.9 Å². The zero-order chi connectivity index (χ0) is 15.3. The number of aromatic nitrogens is 2. The third kappa shape index (κ3) is 4.13. The molecule has 3 N–H and O–H groups in total. The molecule has 0 aromatic carbocycles. The summed E-state index contributed by atoms with van der Waals surface area (Å²) in [4.78, 5) is 7.07. The Labute approximate surface area is 129 Å². The number of hydrogen-bond acceptors (Lipinski definition) is 5. The second kappa shape index (κ2) is 7.17. The summed E-state index contributed by atoms with van der Waals surface area (Å²) in [5.41, 5.74) is 0.980. The van der Waals surface area contributed by atoms with Crippen LogP contribution in [-0.4, -0.2) is 24.9 Å². The van der Waals surface area contributed by atoms with Crippen molar-refractivity contribution in [2.45, 2.75) is 37.1 Å². The third-order valence-electron chi connectivity index (χ3n) is 3.03. The van der Waals surface area contributed by atoms with Gasteiger partial charge in [0.2, 0.25) is 0 Å². The Morgan fingerprint density at radius 3 is 2.86 bits per heavy atom. The van der Waals surface area contributed by atoms with Gasteiger partial charge in [-0.3, -0.25) is 0 Å². The molecule has 0 amide bonds. The van der Waals surface area contributed by atoms with Crippen LogP contribution < -0.4 is 10.0 Å². The van der Waals surface area contributed by atoms with Gasteiger partial charge in [-0.1, -0.05) is 13.8 Å². The molecule has 0 radical (unpaired) electrons. The Kier molecular flexibility index (Phi) is 5.51. The lowest BCUT2D eigenvalue weighted by Crippen LogP contribution is -2.28. The monoisotopic (exact) mass is 328 g/mol. The molecule has 0 bridgehead atoms. The van der Waals surface area contributed by atoms with Gasteiger partial charge in [0, 0.05) is 18.9 Å². The number of sulfonamides is 1. The lowest BCUT2D eigenvalue weighted by atomic mass is 10.2. The largest absolute Gasteiger partial charge is 0.347 e. The molecule has 0 aliphatic rings. The molecule has 2 heterocycles. The van der Waals surface area contributed by atoms with Gasteiger partial charge in [0.1, 0.15) is 10.0 Å². The maximum atomic E-state index is 12.4. The maximum absolute atomic E-state index is 12.4. The number of hydrogen-bond donors (Lipinski definition) is 3. The van der Waals surface area contributed by atoms with Crippen molar-refractivity contribution in [1.29, 1.82) is 0 Å². The zero-order valence-electron chi connectivity index (χ0n) is 12.1. The van der Waals surface area contributed by atoms with Gasteiger partial charge in [-0.15, -0.1) is 11.3 Å². The third-order valence-corrected chi connectivity index (χ3v) is 5.99. The van der Waals surface area contributed by atoms with Gasteiger partial charge in [0.25, 0.3) is 10.0 Å². The molecule has 2 aromatic rings. The SMILES string of the molecule is CCNCc1csc(S(=O)(=O)NC(CC)c2ncc[nH]2)c1. The van der Waals surface area contributed by atoms with Gasteiger partial charge in [0.15, 0.2) is 0 Å². The predicted molar refractivity (Wildman–Crippen MR) is 83.6 cm³/mol. The molecule has 0 spiro atoms. The summed E-state index contributed by atoms with van der Waals surface area (Å²) < 4.78 is 27.9. The first-order valence-corrected chi connectivity index (χ1v) is 9.22. The lowest BCUT2D eigenvalue weighted by Gasteiger charge is -2.13. The van der Waals surface area contributed by atoms with Crippen LogP contribution in [0.25, 0.3) is 0 Å². The minimum atomic E-state index is -3.52. The average molecular weight is 328 g/mol. The predicted octanol–water partition coefficient (Wildman–Crippen LogP) is 2.01. The smallest absolute Gasteiger partial charge is 0.250 e. The summed E-state index contributed by atoms with van der Waals surface area (Å²) in [5, 5.41) is 5.05. The first kappa shape index (κ1) is 16.2. The van der Waals surface area contributed by atoms with Crippen molar-refractivity contribution in [3.8, 4) is 0 Å². The van der Waals surface area contributed by atoms with Crippen LogP contribution in [0.4, 0.5) is 0 Å². The van der Waals surface area contributed by atoms with Crippen molar-refractivity contribution in [2.75, 3.05) is 6.54 Å². The second-order valence-electron chi connectivity index (χ2n) is 4.61. The van der Waals surface area contributed by atoms with Crippen molar-refractivity contribution in [3.63, 3.8) is 0 Å². The fourth-order valence-electron chi connectivity index (χ4n) is 1.90. The average Bonchev–Trinajstić information content (AvgIpc) is 3.13. The van der Waals surface area contributed by atoms with E-state index < -0.39 is 10.0 Å². The highest BCUT2D eigenvalue weighted by Gasteiger charge is 2.23. The zero-order valence-corrected chi connectivity index (χ0v) is 13.7. The van der Waals surface area contributed by atoms with Gasteiger partial charge < -0.3 is 10.3 Å². The van der Waals surface area contributed by atoms with Crippen molar-refractivity contribution in [1.82, 2.24) is 20.0 Å². The van der Waals surface area contributed by atoms with Crippen molar-refractivity contribution >= 4 is 21.4 Å². The minimum Gasteiger partial charge on any atom is -0.347 e. The molecule has 2 rings (SSSR count). The van der Waals surface area contributed by atoms with Gasteiger partial charge >= 0.3 is 0 Å². The van der Waals surface area contributed by atoms with Crippen LogP contribution in [0.3, 0.4) is 0 Å². The molecule has 0 saturated carbocycles. The molecule has 1 unspecified atom stereocenters. The first-order chi connectivity index (χ1) is 10.1. The summed E-state index contributed by atoms with van der Waals surface area (Å²) in [6.07, 6.45) is 3.93. The van der Waals surface area contributed by atoms with E-state index in [9.17, 15) is 8.42 Å². The second-order valence-corrected chi connectivity index (χ2v) is 7.46. The Morgan fingerprint density at radius 2 is 2.24 bits per heavy atom.